The van der Waals surface area contributed by atoms with Crippen LogP contribution in [0.4, 0.5) is 0 Å². The molecule has 0 spiro atoms. The van der Waals surface area contributed by atoms with E-state index in [2.05, 4.69) is 20.2 Å². The van der Waals surface area contributed by atoms with Gasteiger partial charge >= 0.3 is 0 Å². The van der Waals surface area contributed by atoms with Gasteiger partial charge in [0, 0.05) is 64.8 Å². The third-order valence-corrected chi connectivity index (χ3v) is 6.16. The molecule has 2 aliphatic heterocycles. The molecule has 0 radical (unpaired) electrons. The van der Waals surface area contributed by atoms with E-state index < -0.39 is 10.1 Å². The zero-order valence-electron chi connectivity index (χ0n) is 19.0. The third kappa shape index (κ3) is 6.46. The fourth-order valence-electron chi connectivity index (χ4n) is 4.09. The number of guanidine groups is 2. The van der Waals surface area contributed by atoms with Crippen molar-refractivity contribution in [1.82, 2.24) is 29.6 Å². The second-order valence-electron chi connectivity index (χ2n) is 8.07. The van der Waals surface area contributed by atoms with E-state index in [1.165, 1.54) is 0 Å². The molecule has 0 saturated carbocycles. The first-order chi connectivity index (χ1) is 17.3. The molecule has 36 heavy (non-hydrogen) atoms. The van der Waals surface area contributed by atoms with E-state index in [1.54, 1.807) is 56.3 Å². The van der Waals surface area contributed by atoms with Crippen LogP contribution in [0, 0.1) is 20.2 Å². The van der Waals surface area contributed by atoms with Crippen LogP contribution in [0.5, 0.6) is 0 Å². The third-order valence-electron chi connectivity index (χ3n) is 5.72. The Morgan fingerprint density at radius 3 is 1.44 bits per heavy atom. The van der Waals surface area contributed by atoms with E-state index in [9.17, 15) is 20.2 Å². The minimum atomic E-state index is -0.724. The molecule has 0 aliphatic carbocycles. The van der Waals surface area contributed by atoms with Gasteiger partial charge in [-0.3, -0.25) is 0 Å². The van der Waals surface area contributed by atoms with E-state index in [4.69, 9.17) is 23.2 Å². The second-order valence-corrected chi connectivity index (χ2v) is 8.85. The number of hydrogen-bond donors (Lipinski definition) is 0. The number of halogens is 2. The van der Waals surface area contributed by atoms with Gasteiger partial charge < -0.3 is 19.6 Å². The van der Waals surface area contributed by atoms with E-state index in [0.717, 1.165) is 11.1 Å². The highest BCUT2D eigenvalue weighted by Crippen LogP contribution is 2.18. The summed E-state index contributed by atoms with van der Waals surface area (Å²) in [6.07, 6.45) is 3.23. The fraction of sp³-hybridized carbons (Fsp3) is 0.400. The Morgan fingerprint density at radius 2 is 1.11 bits per heavy atom. The lowest BCUT2D eigenvalue weighted by Gasteiger charge is -2.24. The average molecular weight is 537 g/mol. The van der Waals surface area contributed by atoms with Crippen molar-refractivity contribution in [3.63, 3.8) is 0 Å². The molecule has 0 atom stereocenters. The Kier molecular flexibility index (Phi) is 7.95. The maximum Gasteiger partial charge on any atom is 0.274 e. The fourth-order valence-corrected chi connectivity index (χ4v) is 4.31. The van der Waals surface area contributed by atoms with Crippen molar-refractivity contribution in [2.24, 2.45) is 10.2 Å². The van der Waals surface area contributed by atoms with Gasteiger partial charge in [0.1, 0.15) is 20.5 Å². The van der Waals surface area contributed by atoms with Crippen LogP contribution in [0.2, 0.25) is 10.3 Å². The highest BCUT2D eigenvalue weighted by molar-refractivity contribution is 6.29. The Morgan fingerprint density at radius 1 is 0.722 bits per heavy atom. The molecule has 0 unspecified atom stereocenters. The molecule has 190 valence electrons. The van der Waals surface area contributed by atoms with Gasteiger partial charge in [0.05, 0.1) is 0 Å². The summed E-state index contributed by atoms with van der Waals surface area (Å²) in [7, 11) is 0. The van der Waals surface area contributed by atoms with E-state index in [0.29, 0.717) is 62.7 Å². The maximum absolute atomic E-state index is 11.2. The van der Waals surface area contributed by atoms with Crippen LogP contribution >= 0.6 is 23.2 Å². The molecule has 2 aromatic rings. The smallest absolute Gasteiger partial charge is 0.274 e. The van der Waals surface area contributed by atoms with Crippen LogP contribution in [-0.4, -0.2) is 90.8 Å². The molecule has 2 aromatic heterocycles. The van der Waals surface area contributed by atoms with E-state index in [-0.39, 0.29) is 11.9 Å². The van der Waals surface area contributed by atoms with Crippen LogP contribution < -0.4 is 0 Å². The largest absolute Gasteiger partial charge is 0.334 e. The minimum absolute atomic E-state index is 0.228. The molecule has 0 N–H and O–H groups in total. The van der Waals surface area contributed by atoms with Crippen molar-refractivity contribution in [3.05, 3.63) is 78.3 Å². The lowest BCUT2D eigenvalue weighted by atomic mass is 10.3. The summed E-state index contributed by atoms with van der Waals surface area (Å²) in [5.41, 5.74) is 1.68. The Labute approximate surface area is 215 Å². The quantitative estimate of drug-likeness (QED) is 0.263. The average Bonchev–Trinajstić information content (AvgIpc) is 3.38. The molecule has 2 fully saturated rings. The van der Waals surface area contributed by atoms with Crippen molar-refractivity contribution in [2.75, 3.05) is 39.3 Å². The number of hydrazone groups is 2. The number of aromatic nitrogens is 2. The molecule has 2 aliphatic rings. The molecular weight excluding hydrogens is 515 g/mol. The summed E-state index contributed by atoms with van der Waals surface area (Å²) in [6, 6.07) is 6.92. The topological polar surface area (TPSA) is 150 Å². The SMILES string of the molecule is O=[N+]([O-])N=C1N(CCN2CCN(Cc3ccc(Cl)nc3)C2=N[N+](=O)[O-])CCN1Cc1ccc(Cl)nc1. The van der Waals surface area contributed by atoms with Gasteiger partial charge in [0.15, 0.2) is 10.1 Å². The van der Waals surface area contributed by atoms with Crippen molar-refractivity contribution in [3.8, 4) is 0 Å². The monoisotopic (exact) mass is 536 g/mol. The van der Waals surface area contributed by atoms with E-state index in [1.807, 2.05) is 0 Å². The summed E-state index contributed by atoms with van der Waals surface area (Å²) < 4.78 is 0. The highest BCUT2D eigenvalue weighted by atomic mass is 35.5. The number of nitro groups is 2. The molecule has 0 amide bonds. The van der Waals surface area contributed by atoms with Gasteiger partial charge in [-0.25, -0.2) is 30.2 Å². The summed E-state index contributed by atoms with van der Waals surface area (Å²) in [4.78, 5) is 37.7. The zero-order chi connectivity index (χ0) is 25.7. The molecule has 4 rings (SSSR count). The predicted octanol–water partition coefficient (Wildman–Crippen LogP) is 1.81. The Bertz CT molecular complexity index is 1070. The summed E-state index contributed by atoms with van der Waals surface area (Å²) in [5.74, 6) is 0.456. The molecule has 16 heteroatoms. The number of pyridine rings is 2. The van der Waals surface area contributed by atoms with Gasteiger partial charge in [-0.2, -0.15) is 0 Å². The number of nitrogens with zero attached hydrogens (tertiary/aromatic N) is 10. The zero-order valence-corrected chi connectivity index (χ0v) is 20.5. The Balaban J connectivity index is 1.43. The predicted molar refractivity (Wildman–Crippen MR) is 131 cm³/mol. The number of hydrogen-bond acceptors (Lipinski definition) is 6. The number of rotatable bonds is 9. The van der Waals surface area contributed by atoms with Crippen LogP contribution in [0.15, 0.2) is 46.9 Å². The standard InChI is InChI=1S/C20H22Cl2N10O4/c21-17-3-1-15(11-23-17)13-29-9-7-27(19(29)25-31(33)34)5-6-28-8-10-30(20(28)26-32(35)36)14-16-2-4-18(22)24-12-16/h1-4,11-12H,5-10,13-14H2. The Hall–Kier alpha value is -3.78. The summed E-state index contributed by atoms with van der Waals surface area (Å²) in [5, 5.41) is 28.9. The van der Waals surface area contributed by atoms with Crippen LogP contribution in [0.25, 0.3) is 0 Å². The molecular formula is C20H22Cl2N10O4. The first-order valence-electron chi connectivity index (χ1n) is 10.9. The van der Waals surface area contributed by atoms with E-state index >= 15 is 0 Å². The van der Waals surface area contributed by atoms with Gasteiger partial charge in [-0.05, 0) is 23.3 Å². The lowest BCUT2D eigenvalue weighted by molar-refractivity contribution is -0.486. The van der Waals surface area contributed by atoms with Crippen LogP contribution in [0.1, 0.15) is 11.1 Å². The molecule has 14 nitrogen and oxygen atoms in total. The second kappa shape index (κ2) is 11.3. The van der Waals surface area contributed by atoms with Gasteiger partial charge in [0.2, 0.25) is 0 Å². The lowest BCUT2D eigenvalue weighted by Crippen LogP contribution is -2.41. The first-order valence-corrected chi connectivity index (χ1v) is 11.7. The van der Waals surface area contributed by atoms with Gasteiger partial charge in [-0.1, -0.05) is 35.3 Å². The van der Waals surface area contributed by atoms with Crippen LogP contribution in [-0.2, 0) is 13.1 Å². The van der Waals surface area contributed by atoms with Gasteiger partial charge in [0.25, 0.3) is 11.9 Å². The molecule has 4 heterocycles. The van der Waals surface area contributed by atoms with Gasteiger partial charge in [-0.15, -0.1) is 0 Å². The van der Waals surface area contributed by atoms with Crippen molar-refractivity contribution in [2.45, 2.75) is 13.1 Å². The highest BCUT2D eigenvalue weighted by Gasteiger charge is 2.33. The summed E-state index contributed by atoms with van der Waals surface area (Å²) >= 11 is 11.7. The molecule has 0 bridgehead atoms. The van der Waals surface area contributed by atoms with Crippen molar-refractivity contribution < 1.29 is 10.1 Å². The van der Waals surface area contributed by atoms with Crippen molar-refractivity contribution in [1.29, 1.82) is 0 Å². The maximum atomic E-state index is 11.2. The molecule has 0 aromatic carbocycles. The molecule has 2 saturated heterocycles. The van der Waals surface area contributed by atoms with Crippen molar-refractivity contribution >= 4 is 35.1 Å². The first kappa shape index (κ1) is 25.3. The minimum Gasteiger partial charge on any atom is -0.334 e. The normalized spacial score (nSPS) is 18.1. The van der Waals surface area contributed by atoms with Crippen LogP contribution in [0.3, 0.4) is 0 Å². The summed E-state index contributed by atoms with van der Waals surface area (Å²) in [6.45, 7) is 3.60.